The average Bonchev–Trinajstić information content (AvgIpc) is 3.06. The first kappa shape index (κ1) is 19.2. The van der Waals surface area contributed by atoms with Gasteiger partial charge in [-0.25, -0.2) is 4.98 Å². The third kappa shape index (κ3) is 4.80. The Labute approximate surface area is 163 Å². The number of para-hydroxylation sites is 1. The lowest BCUT2D eigenvalue weighted by Crippen LogP contribution is -2.24. The van der Waals surface area contributed by atoms with Crippen molar-refractivity contribution in [2.24, 2.45) is 0 Å². The molecule has 0 amide bonds. The van der Waals surface area contributed by atoms with Gasteiger partial charge in [0.2, 0.25) is 5.78 Å². The molecule has 27 heavy (non-hydrogen) atoms. The maximum Gasteiger partial charge on any atom is 0.306 e. The molecule has 0 saturated carbocycles. The summed E-state index contributed by atoms with van der Waals surface area (Å²) in [6, 6.07) is 13.5. The molecule has 5 heteroatoms. The van der Waals surface area contributed by atoms with Gasteiger partial charge in [-0.1, -0.05) is 24.3 Å². The zero-order chi connectivity index (χ0) is 19.4. The normalized spacial score (nSPS) is 12.1. The summed E-state index contributed by atoms with van der Waals surface area (Å²) in [5.74, 6) is -0.515. The van der Waals surface area contributed by atoms with Gasteiger partial charge < -0.3 is 4.74 Å². The maximum atomic E-state index is 12.5. The predicted molar refractivity (Wildman–Crippen MR) is 108 cm³/mol. The second kappa shape index (κ2) is 8.44. The fourth-order valence-corrected chi connectivity index (χ4v) is 3.86. The Morgan fingerprint density at radius 1 is 1.11 bits per heavy atom. The second-order valence-electron chi connectivity index (χ2n) is 6.72. The number of rotatable bonds is 7. The van der Waals surface area contributed by atoms with Crippen LogP contribution in [0, 0.1) is 13.8 Å². The van der Waals surface area contributed by atoms with Crippen LogP contribution in [-0.4, -0.2) is 22.8 Å². The van der Waals surface area contributed by atoms with E-state index in [1.807, 2.05) is 50.2 Å². The van der Waals surface area contributed by atoms with Crippen molar-refractivity contribution in [3.05, 3.63) is 64.2 Å². The number of carbonyl (C=O) groups is 2. The Hall–Kier alpha value is -2.53. The van der Waals surface area contributed by atoms with Crippen molar-refractivity contribution in [2.45, 2.75) is 46.1 Å². The Morgan fingerprint density at radius 3 is 2.63 bits per heavy atom. The molecule has 1 heterocycles. The smallest absolute Gasteiger partial charge is 0.306 e. The topological polar surface area (TPSA) is 56.3 Å². The van der Waals surface area contributed by atoms with E-state index in [9.17, 15) is 9.59 Å². The third-order valence-corrected chi connectivity index (χ3v) is 5.67. The zero-order valence-corrected chi connectivity index (χ0v) is 16.6. The highest BCUT2D eigenvalue weighted by atomic mass is 32.1. The molecule has 4 nitrogen and oxygen atoms in total. The number of esters is 1. The molecule has 0 fully saturated rings. The lowest BCUT2D eigenvalue weighted by atomic mass is 10.0. The van der Waals surface area contributed by atoms with Crippen LogP contribution in [0.15, 0.2) is 42.5 Å². The van der Waals surface area contributed by atoms with Gasteiger partial charge in [0, 0.05) is 12.0 Å². The first-order valence-electron chi connectivity index (χ1n) is 9.09. The number of fused-ring (bicyclic) bond motifs is 1. The largest absolute Gasteiger partial charge is 0.454 e. The van der Waals surface area contributed by atoms with Crippen molar-refractivity contribution in [2.75, 3.05) is 0 Å². The van der Waals surface area contributed by atoms with Gasteiger partial charge in [0.25, 0.3) is 0 Å². The number of carbonyl (C=O) groups excluding carboxylic acids is 2. The van der Waals surface area contributed by atoms with E-state index in [0.717, 1.165) is 32.8 Å². The molecular weight excluding hydrogens is 358 g/mol. The fourth-order valence-electron chi connectivity index (χ4n) is 2.85. The van der Waals surface area contributed by atoms with E-state index < -0.39 is 6.10 Å². The summed E-state index contributed by atoms with van der Waals surface area (Å²) in [6.45, 7) is 5.59. The minimum atomic E-state index is -0.776. The molecule has 3 rings (SSSR count). The summed E-state index contributed by atoms with van der Waals surface area (Å²) in [5.41, 5.74) is 3.75. The molecule has 1 aromatic heterocycles. The van der Waals surface area contributed by atoms with Gasteiger partial charge in [0.05, 0.1) is 15.2 Å². The van der Waals surface area contributed by atoms with E-state index in [1.54, 1.807) is 24.3 Å². The van der Waals surface area contributed by atoms with Gasteiger partial charge in [-0.3, -0.25) is 9.59 Å². The van der Waals surface area contributed by atoms with Gasteiger partial charge in [-0.15, -0.1) is 11.3 Å². The second-order valence-corrected chi connectivity index (χ2v) is 7.84. The van der Waals surface area contributed by atoms with Crippen molar-refractivity contribution in [3.63, 3.8) is 0 Å². The Kier molecular flexibility index (Phi) is 6.01. The molecule has 0 aliphatic carbocycles. The SMILES string of the molecule is Cc1ccc(C(=O)[C@@H](C)OC(=O)CCCc2nc3ccccc3s2)cc1C. The van der Waals surface area contributed by atoms with Crippen molar-refractivity contribution in [3.8, 4) is 0 Å². The molecule has 2 aromatic carbocycles. The summed E-state index contributed by atoms with van der Waals surface area (Å²) < 4.78 is 6.48. The minimum Gasteiger partial charge on any atom is -0.454 e. The van der Waals surface area contributed by atoms with Crippen LogP contribution in [0.3, 0.4) is 0 Å². The molecule has 0 aliphatic heterocycles. The Morgan fingerprint density at radius 2 is 1.89 bits per heavy atom. The van der Waals surface area contributed by atoms with E-state index in [0.29, 0.717) is 12.0 Å². The number of aryl methyl sites for hydroxylation is 3. The Balaban J connectivity index is 1.49. The van der Waals surface area contributed by atoms with Crippen molar-refractivity contribution >= 4 is 33.3 Å². The maximum absolute atomic E-state index is 12.5. The molecule has 0 N–H and O–H groups in total. The first-order valence-corrected chi connectivity index (χ1v) is 9.91. The van der Waals surface area contributed by atoms with Gasteiger partial charge in [0.1, 0.15) is 0 Å². The molecule has 0 spiro atoms. The van der Waals surface area contributed by atoms with E-state index in [1.165, 1.54) is 0 Å². The molecule has 1 atom stereocenters. The van der Waals surface area contributed by atoms with E-state index in [4.69, 9.17) is 4.74 Å². The lowest BCUT2D eigenvalue weighted by Gasteiger charge is -2.13. The quantitative estimate of drug-likeness (QED) is 0.424. The molecule has 3 aromatic rings. The van der Waals surface area contributed by atoms with Crippen LogP contribution < -0.4 is 0 Å². The van der Waals surface area contributed by atoms with Crippen LogP contribution in [-0.2, 0) is 16.0 Å². The standard InChI is InChI=1S/C22H23NO3S/c1-14-11-12-17(13-15(14)2)22(25)16(3)26-21(24)10-6-9-20-23-18-7-4-5-8-19(18)27-20/h4-5,7-8,11-13,16H,6,9-10H2,1-3H3/t16-/m1/s1. The monoisotopic (exact) mass is 381 g/mol. The van der Waals surface area contributed by atoms with Crippen molar-refractivity contribution in [1.29, 1.82) is 0 Å². The summed E-state index contributed by atoms with van der Waals surface area (Å²) in [5, 5.41) is 1.02. The molecule has 0 saturated heterocycles. The van der Waals surface area contributed by atoms with Gasteiger partial charge in [-0.05, 0) is 62.9 Å². The highest BCUT2D eigenvalue weighted by molar-refractivity contribution is 7.18. The van der Waals surface area contributed by atoms with Crippen molar-refractivity contribution in [1.82, 2.24) is 4.98 Å². The number of Topliss-reactive ketones (excluding diaryl/α,β-unsaturated/α-hetero) is 1. The van der Waals surface area contributed by atoms with Crippen LogP contribution in [0.4, 0.5) is 0 Å². The number of hydrogen-bond acceptors (Lipinski definition) is 5. The number of thiazole rings is 1. The van der Waals surface area contributed by atoms with Gasteiger partial charge >= 0.3 is 5.97 Å². The number of ether oxygens (including phenoxy) is 1. The summed E-state index contributed by atoms with van der Waals surface area (Å²) in [4.78, 5) is 29.1. The average molecular weight is 381 g/mol. The zero-order valence-electron chi connectivity index (χ0n) is 15.8. The number of ketones is 1. The van der Waals surface area contributed by atoms with Crippen LogP contribution in [0.1, 0.15) is 46.3 Å². The van der Waals surface area contributed by atoms with Crippen LogP contribution in [0.2, 0.25) is 0 Å². The van der Waals surface area contributed by atoms with Crippen LogP contribution >= 0.6 is 11.3 Å². The number of nitrogens with zero attached hydrogens (tertiary/aromatic N) is 1. The molecule has 140 valence electrons. The number of benzene rings is 2. The third-order valence-electron chi connectivity index (χ3n) is 4.58. The van der Waals surface area contributed by atoms with Crippen LogP contribution in [0.25, 0.3) is 10.2 Å². The van der Waals surface area contributed by atoms with Gasteiger partial charge in [-0.2, -0.15) is 0 Å². The van der Waals surface area contributed by atoms with Crippen LogP contribution in [0.5, 0.6) is 0 Å². The summed E-state index contributed by atoms with van der Waals surface area (Å²) in [6.07, 6.45) is 0.888. The first-order chi connectivity index (χ1) is 12.9. The van der Waals surface area contributed by atoms with E-state index in [-0.39, 0.29) is 18.2 Å². The van der Waals surface area contributed by atoms with Gasteiger partial charge in [0.15, 0.2) is 6.10 Å². The van der Waals surface area contributed by atoms with E-state index >= 15 is 0 Å². The lowest BCUT2D eigenvalue weighted by molar-refractivity contribution is -0.146. The minimum absolute atomic E-state index is 0.169. The van der Waals surface area contributed by atoms with Crippen molar-refractivity contribution < 1.29 is 14.3 Å². The molecule has 0 radical (unpaired) electrons. The highest BCUT2D eigenvalue weighted by Crippen LogP contribution is 2.23. The van der Waals surface area contributed by atoms with E-state index in [2.05, 4.69) is 4.98 Å². The Bertz CT molecular complexity index is 944. The predicted octanol–water partition coefficient (Wildman–Crippen LogP) is 5.05. The molecule has 0 unspecified atom stereocenters. The highest BCUT2D eigenvalue weighted by Gasteiger charge is 2.19. The molecular formula is C22H23NO3S. The number of aromatic nitrogens is 1. The summed E-state index contributed by atoms with van der Waals surface area (Å²) >= 11 is 1.65. The summed E-state index contributed by atoms with van der Waals surface area (Å²) in [7, 11) is 0. The number of hydrogen-bond donors (Lipinski definition) is 0. The molecule has 0 aliphatic rings. The fraction of sp³-hybridized carbons (Fsp3) is 0.318. The molecule has 0 bridgehead atoms.